The Morgan fingerprint density at radius 1 is 1.11 bits per heavy atom. The molecular formula is C26H22ClF2NO5. The fraction of sp³-hybridized carbons (Fsp3) is 0.231. The zero-order valence-corrected chi connectivity index (χ0v) is 19.9. The van der Waals surface area contributed by atoms with Crippen molar-refractivity contribution in [3.8, 4) is 16.9 Å². The zero-order valence-electron chi connectivity index (χ0n) is 19.1. The quantitative estimate of drug-likeness (QED) is 0.482. The normalized spacial score (nSPS) is 14.7. The summed E-state index contributed by atoms with van der Waals surface area (Å²) in [5.41, 5.74) is 2.02. The summed E-state index contributed by atoms with van der Waals surface area (Å²) in [4.78, 5) is 24.8. The molecule has 1 aliphatic heterocycles. The van der Waals surface area contributed by atoms with E-state index in [9.17, 15) is 23.5 Å². The lowest BCUT2D eigenvalue weighted by Crippen LogP contribution is -2.36. The van der Waals surface area contributed by atoms with Gasteiger partial charge in [-0.25, -0.2) is 13.6 Å². The van der Waals surface area contributed by atoms with Crippen LogP contribution < -0.4 is 9.64 Å². The highest BCUT2D eigenvalue weighted by atomic mass is 35.5. The Bertz CT molecular complexity index is 1330. The Balaban J connectivity index is 1.62. The van der Waals surface area contributed by atoms with E-state index in [0.717, 1.165) is 0 Å². The van der Waals surface area contributed by atoms with Crippen LogP contribution in [0.5, 0.6) is 5.75 Å². The summed E-state index contributed by atoms with van der Waals surface area (Å²) in [6.07, 6.45) is -1.14. The summed E-state index contributed by atoms with van der Waals surface area (Å²) >= 11 is 6.51. The van der Waals surface area contributed by atoms with Crippen molar-refractivity contribution in [2.24, 2.45) is 0 Å². The average Bonchev–Trinajstić information content (AvgIpc) is 2.84. The van der Waals surface area contributed by atoms with Crippen LogP contribution in [0.25, 0.3) is 11.1 Å². The molecule has 1 N–H and O–H groups in total. The van der Waals surface area contributed by atoms with Crippen LogP contribution >= 0.6 is 11.6 Å². The van der Waals surface area contributed by atoms with Crippen molar-refractivity contribution < 1.29 is 33.0 Å². The molecule has 3 aromatic carbocycles. The number of aliphatic hydroxyl groups is 1. The summed E-state index contributed by atoms with van der Waals surface area (Å²) in [7, 11) is 2.69. The highest BCUT2D eigenvalue weighted by Crippen LogP contribution is 2.41. The van der Waals surface area contributed by atoms with Gasteiger partial charge in [0.15, 0.2) is 18.2 Å². The predicted octanol–water partition coefficient (Wildman–Crippen LogP) is 5.26. The SMILES string of the molecule is COC(=O)c1ccc(-c2ccc([C@H](C)C(O)c3cc(F)c4c(c3)N(C)C(=O)CO4)c(Cl)c2)cc1F. The number of hydrogen-bond acceptors (Lipinski definition) is 5. The number of fused-ring (bicyclic) bond motifs is 1. The number of aliphatic hydroxyl groups excluding tert-OH is 1. The second kappa shape index (κ2) is 9.64. The minimum absolute atomic E-state index is 0.0384. The van der Waals surface area contributed by atoms with Gasteiger partial charge in [0, 0.05) is 18.0 Å². The van der Waals surface area contributed by atoms with Gasteiger partial charge >= 0.3 is 5.97 Å². The summed E-state index contributed by atoms with van der Waals surface area (Å²) in [5.74, 6) is -3.08. The van der Waals surface area contributed by atoms with E-state index in [4.69, 9.17) is 16.3 Å². The Labute approximate surface area is 205 Å². The topological polar surface area (TPSA) is 76.1 Å². The molecule has 0 bridgehead atoms. The third kappa shape index (κ3) is 4.59. The Morgan fingerprint density at radius 3 is 2.46 bits per heavy atom. The van der Waals surface area contributed by atoms with E-state index in [1.54, 1.807) is 31.2 Å². The van der Waals surface area contributed by atoms with Gasteiger partial charge in [-0.2, -0.15) is 0 Å². The number of nitrogens with zero attached hydrogens (tertiary/aromatic N) is 1. The van der Waals surface area contributed by atoms with Crippen molar-refractivity contribution in [2.75, 3.05) is 25.7 Å². The fourth-order valence-electron chi connectivity index (χ4n) is 4.03. The van der Waals surface area contributed by atoms with Crippen LogP contribution in [0.4, 0.5) is 14.5 Å². The van der Waals surface area contributed by atoms with Crippen molar-refractivity contribution in [3.63, 3.8) is 0 Å². The second-order valence-electron chi connectivity index (χ2n) is 8.25. The first-order chi connectivity index (χ1) is 16.6. The number of halogens is 3. The molecule has 0 spiro atoms. The number of ether oxygens (including phenoxy) is 2. The highest BCUT2D eigenvalue weighted by molar-refractivity contribution is 6.31. The van der Waals surface area contributed by atoms with Crippen LogP contribution in [0.15, 0.2) is 48.5 Å². The summed E-state index contributed by atoms with van der Waals surface area (Å²) in [6, 6.07) is 11.9. The maximum Gasteiger partial charge on any atom is 0.340 e. The lowest BCUT2D eigenvalue weighted by Gasteiger charge is -2.28. The lowest BCUT2D eigenvalue weighted by atomic mass is 9.89. The number of esters is 1. The van der Waals surface area contributed by atoms with Gasteiger partial charge in [0.25, 0.3) is 5.91 Å². The van der Waals surface area contributed by atoms with Crippen molar-refractivity contribution in [3.05, 3.63) is 81.9 Å². The molecule has 1 aliphatic rings. The summed E-state index contributed by atoms with van der Waals surface area (Å²) < 4.78 is 38.8. The maximum absolute atomic E-state index is 14.7. The van der Waals surface area contributed by atoms with Gasteiger partial charge in [-0.15, -0.1) is 0 Å². The molecular weight excluding hydrogens is 480 g/mol. The molecule has 1 unspecified atom stereocenters. The van der Waals surface area contributed by atoms with Crippen molar-refractivity contribution in [2.45, 2.75) is 18.9 Å². The number of rotatable bonds is 5. The molecule has 182 valence electrons. The van der Waals surface area contributed by atoms with Gasteiger partial charge in [0.1, 0.15) is 5.82 Å². The predicted molar refractivity (Wildman–Crippen MR) is 127 cm³/mol. The zero-order chi connectivity index (χ0) is 25.4. The fourth-order valence-corrected chi connectivity index (χ4v) is 4.38. The van der Waals surface area contributed by atoms with Crippen molar-refractivity contribution in [1.29, 1.82) is 0 Å². The molecule has 0 saturated carbocycles. The molecule has 1 amide bonds. The molecule has 3 aromatic rings. The minimum Gasteiger partial charge on any atom is -0.478 e. The van der Waals surface area contributed by atoms with E-state index in [0.29, 0.717) is 21.7 Å². The van der Waals surface area contributed by atoms with Gasteiger partial charge in [-0.05, 0) is 52.6 Å². The second-order valence-corrected chi connectivity index (χ2v) is 8.66. The van der Waals surface area contributed by atoms with E-state index in [2.05, 4.69) is 4.74 Å². The number of hydrogen-bond donors (Lipinski definition) is 1. The van der Waals surface area contributed by atoms with Crippen LogP contribution in [-0.2, 0) is 9.53 Å². The van der Waals surface area contributed by atoms with Crippen LogP contribution in [0.2, 0.25) is 5.02 Å². The number of carbonyl (C=O) groups is 2. The first-order valence-electron chi connectivity index (χ1n) is 10.7. The molecule has 0 radical (unpaired) electrons. The smallest absolute Gasteiger partial charge is 0.340 e. The van der Waals surface area contributed by atoms with Gasteiger partial charge in [0.2, 0.25) is 0 Å². The van der Waals surface area contributed by atoms with Crippen LogP contribution in [-0.4, -0.2) is 37.7 Å². The van der Waals surface area contributed by atoms with Gasteiger partial charge in [-0.3, -0.25) is 4.79 Å². The number of carbonyl (C=O) groups excluding carboxylic acids is 2. The largest absolute Gasteiger partial charge is 0.478 e. The van der Waals surface area contributed by atoms with Crippen molar-refractivity contribution in [1.82, 2.24) is 0 Å². The monoisotopic (exact) mass is 501 g/mol. The van der Waals surface area contributed by atoms with Crippen LogP contribution in [0.3, 0.4) is 0 Å². The Morgan fingerprint density at radius 2 is 1.80 bits per heavy atom. The third-order valence-electron chi connectivity index (χ3n) is 6.14. The van der Waals surface area contributed by atoms with Crippen LogP contribution in [0, 0.1) is 11.6 Å². The van der Waals surface area contributed by atoms with Gasteiger partial charge in [0.05, 0.1) is 24.5 Å². The molecule has 0 aliphatic carbocycles. The Hall–Kier alpha value is -3.49. The molecule has 1 heterocycles. The molecule has 2 atom stereocenters. The van der Waals surface area contributed by atoms with E-state index in [1.165, 1.54) is 43.3 Å². The third-order valence-corrected chi connectivity index (χ3v) is 6.46. The Kier molecular flexibility index (Phi) is 6.78. The van der Waals surface area contributed by atoms with E-state index < -0.39 is 29.6 Å². The van der Waals surface area contributed by atoms with Gasteiger partial charge < -0.3 is 19.5 Å². The molecule has 6 nitrogen and oxygen atoms in total. The van der Waals surface area contributed by atoms with E-state index >= 15 is 0 Å². The average molecular weight is 502 g/mol. The molecule has 0 fully saturated rings. The van der Waals surface area contributed by atoms with Crippen LogP contribution in [0.1, 0.15) is 40.4 Å². The summed E-state index contributed by atoms with van der Waals surface area (Å²) in [5, 5.41) is 11.3. The molecule has 4 rings (SSSR count). The van der Waals surface area contributed by atoms with Crippen molar-refractivity contribution >= 4 is 29.2 Å². The number of methoxy groups -OCH3 is 1. The first kappa shape index (κ1) is 24.6. The molecule has 0 aromatic heterocycles. The number of anilines is 1. The van der Waals surface area contributed by atoms with Gasteiger partial charge in [-0.1, -0.05) is 36.7 Å². The minimum atomic E-state index is -1.14. The molecule has 9 heteroatoms. The van der Waals surface area contributed by atoms with E-state index in [1.807, 2.05) is 0 Å². The molecule has 35 heavy (non-hydrogen) atoms. The number of likely N-dealkylation sites (N-methyl/N-ethyl adjacent to an activating group) is 1. The standard InChI is InChI=1S/C26H22ClF2NO5/c1-13(24(32)16-10-21(29)25-22(11-16)30(2)23(31)12-35-25)17-6-4-14(8-19(17)27)15-5-7-18(20(28)9-15)26(33)34-3/h4-11,13,24,32H,12H2,1-3H3/t13-,24?/m0/s1. The number of benzene rings is 3. The number of amides is 1. The molecule has 0 saturated heterocycles. The lowest BCUT2D eigenvalue weighted by molar-refractivity contribution is -0.121. The first-order valence-corrected chi connectivity index (χ1v) is 11.1. The highest BCUT2D eigenvalue weighted by Gasteiger charge is 2.29. The maximum atomic E-state index is 14.7. The van der Waals surface area contributed by atoms with E-state index in [-0.39, 0.29) is 35.1 Å². The summed E-state index contributed by atoms with van der Waals surface area (Å²) in [6.45, 7) is 1.48.